The van der Waals surface area contributed by atoms with Gasteiger partial charge < -0.3 is 0 Å². The molecule has 1 aromatic carbocycles. The molecule has 2 nitrogen and oxygen atoms in total. The molecule has 2 rings (SSSR count). The second kappa shape index (κ2) is 5.98. The summed E-state index contributed by atoms with van der Waals surface area (Å²) in [4.78, 5) is 7.72. The zero-order valence-electron chi connectivity index (χ0n) is 9.13. The normalized spacial score (nSPS) is 10.8. The first-order valence-corrected chi connectivity index (χ1v) is 6.67. The monoisotopic (exact) mass is 324 g/mol. The summed E-state index contributed by atoms with van der Waals surface area (Å²) in [6.07, 6.45) is 0. The molecule has 0 aliphatic rings. The Morgan fingerprint density at radius 1 is 1.00 bits per heavy atom. The van der Waals surface area contributed by atoms with E-state index in [0.717, 1.165) is 23.9 Å². The maximum Gasteiger partial charge on any atom is 0.194 e. The van der Waals surface area contributed by atoms with Crippen molar-refractivity contribution < 1.29 is 13.2 Å². The molecule has 1 heterocycles. The van der Waals surface area contributed by atoms with E-state index >= 15 is 0 Å². The molecule has 0 fully saturated rings. The number of rotatable bonds is 3. The van der Waals surface area contributed by atoms with Gasteiger partial charge in [0.1, 0.15) is 10.3 Å². The molecule has 0 spiro atoms. The third-order valence-corrected chi connectivity index (χ3v) is 3.40. The van der Waals surface area contributed by atoms with Crippen molar-refractivity contribution in [2.75, 3.05) is 0 Å². The van der Waals surface area contributed by atoms with Gasteiger partial charge in [0.05, 0.1) is 0 Å². The van der Waals surface area contributed by atoms with Gasteiger partial charge in [-0.25, -0.2) is 23.1 Å². The number of benzene rings is 1. The molecule has 0 N–H and O–H groups in total. The molecule has 0 bridgehead atoms. The van der Waals surface area contributed by atoms with Crippen molar-refractivity contribution in [2.24, 2.45) is 0 Å². The molecule has 0 aliphatic carbocycles. The summed E-state index contributed by atoms with van der Waals surface area (Å²) >= 11 is 12.4. The van der Waals surface area contributed by atoms with Crippen molar-refractivity contribution in [3.63, 3.8) is 0 Å². The van der Waals surface area contributed by atoms with E-state index in [1.807, 2.05) is 0 Å². The molecule has 0 aliphatic heterocycles. The molecule has 0 unspecified atom stereocenters. The molecular formula is C11H5Cl2F3N2S. The van der Waals surface area contributed by atoms with Gasteiger partial charge in [0.25, 0.3) is 0 Å². The van der Waals surface area contributed by atoms with E-state index in [1.54, 1.807) is 0 Å². The fraction of sp³-hybridized carbons (Fsp3) is 0.0909. The van der Waals surface area contributed by atoms with Crippen LogP contribution in [0.4, 0.5) is 13.2 Å². The minimum atomic E-state index is -1.50. The van der Waals surface area contributed by atoms with Crippen LogP contribution in [0.25, 0.3) is 0 Å². The summed E-state index contributed by atoms with van der Waals surface area (Å²) in [6.45, 7) is 0. The Kier molecular flexibility index (Phi) is 4.54. The summed E-state index contributed by atoms with van der Waals surface area (Å²) in [7, 11) is 0. The van der Waals surface area contributed by atoms with Crippen molar-refractivity contribution in [1.29, 1.82) is 0 Å². The molecule has 100 valence electrons. The van der Waals surface area contributed by atoms with Gasteiger partial charge >= 0.3 is 0 Å². The van der Waals surface area contributed by atoms with Crippen LogP contribution < -0.4 is 0 Å². The lowest BCUT2D eigenvalue weighted by Crippen LogP contribution is -1.97. The van der Waals surface area contributed by atoms with E-state index < -0.39 is 17.5 Å². The average molecular weight is 325 g/mol. The number of hydrogen-bond donors (Lipinski definition) is 0. The summed E-state index contributed by atoms with van der Waals surface area (Å²) < 4.78 is 39.2. The van der Waals surface area contributed by atoms with Crippen LogP contribution in [-0.4, -0.2) is 9.97 Å². The number of thioether (sulfide) groups is 1. The molecule has 1 aromatic heterocycles. The zero-order valence-corrected chi connectivity index (χ0v) is 11.5. The average Bonchev–Trinajstić information content (AvgIpc) is 2.34. The Morgan fingerprint density at radius 3 is 2.26 bits per heavy atom. The molecule has 0 amide bonds. The molecule has 0 atom stereocenters. The van der Waals surface area contributed by atoms with E-state index in [-0.39, 0.29) is 26.8 Å². The van der Waals surface area contributed by atoms with Crippen LogP contribution in [0.1, 0.15) is 5.56 Å². The van der Waals surface area contributed by atoms with Crippen molar-refractivity contribution in [2.45, 2.75) is 10.9 Å². The maximum atomic E-state index is 13.4. The van der Waals surface area contributed by atoms with Crippen molar-refractivity contribution in [3.8, 4) is 0 Å². The highest BCUT2D eigenvalue weighted by Gasteiger charge is 2.14. The standard InChI is InChI=1S/C11H5Cl2F3N2S/c12-7-3-8(13)18-11(17-7)19-4-5-1-2-6(14)10(16)9(5)15/h1-3H,4H2. The SMILES string of the molecule is Fc1ccc(CSc2nc(Cl)cc(Cl)n2)c(F)c1F. The molecule has 0 radical (unpaired) electrons. The van der Waals surface area contributed by atoms with Gasteiger partial charge in [-0.2, -0.15) is 0 Å². The van der Waals surface area contributed by atoms with E-state index in [2.05, 4.69) is 9.97 Å². The fourth-order valence-corrected chi connectivity index (χ4v) is 2.61. The predicted octanol–water partition coefficient (Wildman–Crippen LogP) is 4.49. The van der Waals surface area contributed by atoms with Crippen LogP contribution in [-0.2, 0) is 5.75 Å². The van der Waals surface area contributed by atoms with Gasteiger partial charge in [0.15, 0.2) is 22.6 Å². The lowest BCUT2D eigenvalue weighted by Gasteiger charge is -2.04. The number of aromatic nitrogens is 2. The van der Waals surface area contributed by atoms with Gasteiger partial charge in [-0.1, -0.05) is 41.0 Å². The maximum absolute atomic E-state index is 13.4. The van der Waals surface area contributed by atoms with Gasteiger partial charge in [-0.15, -0.1) is 0 Å². The molecule has 19 heavy (non-hydrogen) atoms. The first kappa shape index (κ1) is 14.4. The summed E-state index contributed by atoms with van der Waals surface area (Å²) in [6, 6.07) is 3.37. The smallest absolute Gasteiger partial charge is 0.194 e. The van der Waals surface area contributed by atoms with E-state index in [0.29, 0.717) is 0 Å². The molecule has 0 saturated carbocycles. The van der Waals surface area contributed by atoms with Crippen LogP contribution in [0.15, 0.2) is 23.4 Å². The highest BCUT2D eigenvalue weighted by molar-refractivity contribution is 7.98. The molecule has 0 saturated heterocycles. The first-order valence-electron chi connectivity index (χ1n) is 4.92. The van der Waals surface area contributed by atoms with Crippen LogP contribution in [0.5, 0.6) is 0 Å². The second-order valence-corrected chi connectivity index (χ2v) is 5.14. The van der Waals surface area contributed by atoms with Crippen LogP contribution in [0, 0.1) is 17.5 Å². The summed E-state index contributed by atoms with van der Waals surface area (Å²) in [5, 5.41) is 0.517. The topological polar surface area (TPSA) is 25.8 Å². The Balaban J connectivity index is 2.17. The van der Waals surface area contributed by atoms with Crippen LogP contribution >= 0.6 is 35.0 Å². The number of halogens is 5. The van der Waals surface area contributed by atoms with Crippen LogP contribution in [0.2, 0.25) is 10.3 Å². The van der Waals surface area contributed by atoms with Gasteiger partial charge in [-0.3, -0.25) is 0 Å². The minimum Gasteiger partial charge on any atom is -0.211 e. The fourth-order valence-electron chi connectivity index (χ4n) is 1.25. The second-order valence-electron chi connectivity index (χ2n) is 3.42. The summed E-state index contributed by atoms with van der Waals surface area (Å²) in [5.74, 6) is -3.92. The van der Waals surface area contributed by atoms with Crippen molar-refractivity contribution >= 4 is 35.0 Å². The predicted molar refractivity (Wildman–Crippen MR) is 67.9 cm³/mol. The van der Waals surface area contributed by atoms with E-state index in [1.165, 1.54) is 6.07 Å². The lowest BCUT2D eigenvalue weighted by atomic mass is 10.2. The van der Waals surface area contributed by atoms with Crippen LogP contribution in [0.3, 0.4) is 0 Å². The number of hydrogen-bond acceptors (Lipinski definition) is 3. The Hall–Kier alpha value is -0.980. The Labute approximate surface area is 121 Å². The molecule has 8 heteroatoms. The third kappa shape index (κ3) is 3.52. The number of nitrogens with zero attached hydrogens (tertiary/aromatic N) is 2. The third-order valence-electron chi connectivity index (χ3n) is 2.12. The highest BCUT2D eigenvalue weighted by atomic mass is 35.5. The largest absolute Gasteiger partial charge is 0.211 e. The van der Waals surface area contributed by atoms with E-state index in [4.69, 9.17) is 23.2 Å². The van der Waals surface area contributed by atoms with Crippen molar-refractivity contribution in [1.82, 2.24) is 9.97 Å². The quantitative estimate of drug-likeness (QED) is 0.360. The summed E-state index contributed by atoms with van der Waals surface area (Å²) in [5.41, 5.74) is 0.00333. The molecule has 2 aromatic rings. The lowest BCUT2D eigenvalue weighted by molar-refractivity contribution is 0.443. The van der Waals surface area contributed by atoms with Gasteiger partial charge in [0, 0.05) is 17.4 Å². The first-order chi connectivity index (χ1) is 8.97. The van der Waals surface area contributed by atoms with Gasteiger partial charge in [0.2, 0.25) is 0 Å². The highest BCUT2D eigenvalue weighted by Crippen LogP contribution is 2.25. The van der Waals surface area contributed by atoms with Gasteiger partial charge in [-0.05, 0) is 6.07 Å². The van der Waals surface area contributed by atoms with E-state index in [9.17, 15) is 13.2 Å². The Morgan fingerprint density at radius 2 is 1.63 bits per heavy atom. The minimum absolute atomic E-state index is 0.00333. The zero-order chi connectivity index (χ0) is 14.0. The van der Waals surface area contributed by atoms with Crippen molar-refractivity contribution in [3.05, 3.63) is 51.5 Å². The molecular weight excluding hydrogens is 320 g/mol. The Bertz CT molecular complexity index is 605.